The maximum atomic E-state index is 13.2. The molecule has 0 aliphatic heterocycles. The van der Waals surface area contributed by atoms with Crippen LogP contribution in [0.3, 0.4) is 0 Å². The van der Waals surface area contributed by atoms with Gasteiger partial charge in [-0.3, -0.25) is 19.2 Å². The highest BCUT2D eigenvalue weighted by molar-refractivity contribution is 5.98. The Bertz CT molecular complexity index is 1290. The molecule has 0 aliphatic carbocycles. The SMILES string of the molecule is COc1ccccc1C(C(C)=O)n1cnc(NC(=O)C(COCc2ccccc2)NC(=O)C(C)(C)NC=O)c1. The lowest BCUT2D eigenvalue weighted by molar-refractivity contribution is -0.132. The highest BCUT2D eigenvalue weighted by atomic mass is 16.5. The molecule has 0 bridgehead atoms. The molecule has 206 valence electrons. The number of hydrogen-bond donors (Lipinski definition) is 3. The summed E-state index contributed by atoms with van der Waals surface area (Å²) in [7, 11) is 1.52. The van der Waals surface area contributed by atoms with E-state index in [0.29, 0.717) is 17.7 Å². The van der Waals surface area contributed by atoms with Gasteiger partial charge in [0.1, 0.15) is 23.4 Å². The molecule has 0 saturated heterocycles. The van der Waals surface area contributed by atoms with E-state index >= 15 is 0 Å². The van der Waals surface area contributed by atoms with Gasteiger partial charge in [0.15, 0.2) is 11.6 Å². The second-order valence-electron chi connectivity index (χ2n) is 9.36. The number of aromatic nitrogens is 2. The highest BCUT2D eigenvalue weighted by Crippen LogP contribution is 2.29. The van der Waals surface area contributed by atoms with Crippen LogP contribution in [-0.4, -0.2) is 58.9 Å². The first kappa shape index (κ1) is 29.1. The number of para-hydroxylation sites is 1. The molecule has 3 rings (SSSR count). The predicted octanol–water partition coefficient (Wildman–Crippen LogP) is 2.23. The number of amides is 3. The quantitative estimate of drug-likeness (QED) is 0.269. The van der Waals surface area contributed by atoms with E-state index in [2.05, 4.69) is 20.9 Å². The van der Waals surface area contributed by atoms with E-state index in [1.807, 2.05) is 30.3 Å². The van der Waals surface area contributed by atoms with Gasteiger partial charge in [-0.2, -0.15) is 0 Å². The molecular weight excluding hydrogens is 502 g/mol. The number of rotatable bonds is 14. The fourth-order valence-electron chi connectivity index (χ4n) is 3.84. The summed E-state index contributed by atoms with van der Waals surface area (Å²) in [5.41, 5.74) is 0.286. The summed E-state index contributed by atoms with van der Waals surface area (Å²) in [4.78, 5) is 53.8. The summed E-state index contributed by atoms with van der Waals surface area (Å²) < 4.78 is 12.7. The predicted molar refractivity (Wildman–Crippen MR) is 144 cm³/mol. The second kappa shape index (κ2) is 13.3. The van der Waals surface area contributed by atoms with Gasteiger partial charge in [0, 0.05) is 11.8 Å². The van der Waals surface area contributed by atoms with Crippen LogP contribution < -0.4 is 20.7 Å². The Hall–Kier alpha value is -4.51. The molecule has 0 radical (unpaired) electrons. The molecule has 1 heterocycles. The molecule has 11 nitrogen and oxygen atoms in total. The number of imidazole rings is 1. The van der Waals surface area contributed by atoms with Crippen LogP contribution in [0.4, 0.5) is 5.82 Å². The summed E-state index contributed by atoms with van der Waals surface area (Å²) >= 11 is 0. The molecule has 3 N–H and O–H groups in total. The van der Waals surface area contributed by atoms with E-state index in [1.54, 1.807) is 28.8 Å². The minimum absolute atomic E-state index is 0.137. The Kier molecular flexibility index (Phi) is 9.93. The van der Waals surface area contributed by atoms with Gasteiger partial charge in [-0.05, 0) is 32.4 Å². The molecule has 0 fully saturated rings. The minimum atomic E-state index is -1.26. The van der Waals surface area contributed by atoms with Gasteiger partial charge in [-0.15, -0.1) is 0 Å². The fraction of sp³-hybridized carbons (Fsp3) is 0.321. The summed E-state index contributed by atoms with van der Waals surface area (Å²) in [6.45, 7) is 4.57. The van der Waals surface area contributed by atoms with Crippen LogP contribution in [-0.2, 0) is 30.5 Å². The van der Waals surface area contributed by atoms with E-state index < -0.39 is 29.4 Å². The van der Waals surface area contributed by atoms with Crippen molar-refractivity contribution in [2.24, 2.45) is 0 Å². The van der Waals surface area contributed by atoms with Crippen molar-refractivity contribution in [1.29, 1.82) is 0 Å². The van der Waals surface area contributed by atoms with Gasteiger partial charge in [0.05, 0.1) is 26.7 Å². The number of hydrogen-bond acceptors (Lipinski definition) is 7. The van der Waals surface area contributed by atoms with Crippen molar-refractivity contribution in [1.82, 2.24) is 20.2 Å². The van der Waals surface area contributed by atoms with Gasteiger partial charge < -0.3 is 30.0 Å². The maximum absolute atomic E-state index is 13.2. The van der Waals surface area contributed by atoms with Crippen LogP contribution in [0.25, 0.3) is 0 Å². The third-order valence-electron chi connectivity index (χ3n) is 5.97. The summed E-state index contributed by atoms with van der Waals surface area (Å²) in [5.74, 6) is -0.591. The molecule has 2 unspecified atom stereocenters. The van der Waals surface area contributed by atoms with Crippen molar-refractivity contribution in [2.45, 2.75) is 45.0 Å². The van der Waals surface area contributed by atoms with Crippen LogP contribution in [0, 0.1) is 0 Å². The number of ketones is 1. The first-order valence-electron chi connectivity index (χ1n) is 12.3. The van der Waals surface area contributed by atoms with E-state index in [4.69, 9.17) is 9.47 Å². The highest BCUT2D eigenvalue weighted by Gasteiger charge is 2.31. The van der Waals surface area contributed by atoms with Crippen molar-refractivity contribution in [3.05, 3.63) is 78.2 Å². The first-order chi connectivity index (χ1) is 18.7. The Morgan fingerprint density at radius 3 is 2.44 bits per heavy atom. The van der Waals surface area contributed by atoms with Gasteiger partial charge in [0.2, 0.25) is 12.3 Å². The molecule has 0 aliphatic rings. The monoisotopic (exact) mass is 535 g/mol. The average Bonchev–Trinajstić information content (AvgIpc) is 3.36. The zero-order chi connectivity index (χ0) is 28.4. The number of nitrogens with zero attached hydrogens (tertiary/aromatic N) is 2. The molecule has 3 aromatic rings. The standard InChI is InChI=1S/C28H33N5O6/c1-19(35)25(21-12-8-9-13-23(21)38-4)33-14-24(29-17-33)32-26(36)22(31-27(37)28(2,3)30-18-34)16-39-15-20-10-6-5-7-11-20/h5-14,17-18,22,25H,15-16H2,1-4H3,(H,30,34)(H,31,37)(H,32,36). The van der Waals surface area contributed by atoms with Crippen molar-refractivity contribution in [2.75, 3.05) is 19.0 Å². The molecule has 3 amide bonds. The fourth-order valence-corrected chi connectivity index (χ4v) is 3.84. The van der Waals surface area contributed by atoms with E-state index in [9.17, 15) is 19.2 Å². The first-order valence-corrected chi connectivity index (χ1v) is 12.3. The van der Waals surface area contributed by atoms with Gasteiger partial charge in [-0.25, -0.2) is 4.98 Å². The average molecular weight is 536 g/mol. The normalized spacial score (nSPS) is 12.6. The maximum Gasteiger partial charge on any atom is 0.250 e. The Balaban J connectivity index is 1.77. The lowest BCUT2D eigenvalue weighted by atomic mass is 10.0. The molecular formula is C28H33N5O6. The number of carbonyl (C=O) groups is 4. The number of ether oxygens (including phenoxy) is 2. The molecule has 1 aromatic heterocycles. The van der Waals surface area contributed by atoms with Crippen molar-refractivity contribution >= 4 is 29.8 Å². The van der Waals surface area contributed by atoms with E-state index in [1.165, 1.54) is 40.4 Å². The van der Waals surface area contributed by atoms with Crippen LogP contribution in [0.1, 0.15) is 37.9 Å². The molecule has 11 heteroatoms. The number of nitrogens with one attached hydrogen (secondary N) is 3. The Morgan fingerprint density at radius 1 is 1.08 bits per heavy atom. The molecule has 0 spiro atoms. The number of benzene rings is 2. The van der Waals surface area contributed by atoms with Gasteiger partial charge in [-0.1, -0.05) is 48.5 Å². The van der Waals surface area contributed by atoms with Crippen molar-refractivity contribution in [3.63, 3.8) is 0 Å². The smallest absolute Gasteiger partial charge is 0.250 e. The van der Waals surface area contributed by atoms with Crippen molar-refractivity contribution < 1.29 is 28.7 Å². The van der Waals surface area contributed by atoms with Crippen LogP contribution in [0.15, 0.2) is 67.1 Å². The van der Waals surface area contributed by atoms with Crippen LogP contribution in [0.2, 0.25) is 0 Å². The molecule has 2 aromatic carbocycles. The summed E-state index contributed by atoms with van der Waals surface area (Å²) in [5, 5.41) is 7.74. The number of methoxy groups -OCH3 is 1. The van der Waals surface area contributed by atoms with Gasteiger partial charge in [0.25, 0.3) is 5.91 Å². The third-order valence-corrected chi connectivity index (χ3v) is 5.97. The van der Waals surface area contributed by atoms with Crippen LogP contribution in [0.5, 0.6) is 5.75 Å². The third kappa shape index (κ3) is 7.74. The molecule has 39 heavy (non-hydrogen) atoms. The number of Topliss-reactive ketones (excluding diaryl/α,β-unsaturated/α-hetero) is 1. The Morgan fingerprint density at radius 2 is 1.77 bits per heavy atom. The topological polar surface area (TPSA) is 141 Å². The zero-order valence-electron chi connectivity index (χ0n) is 22.3. The largest absolute Gasteiger partial charge is 0.496 e. The van der Waals surface area contributed by atoms with Crippen molar-refractivity contribution in [3.8, 4) is 5.75 Å². The Labute approximate surface area is 226 Å². The number of carbonyl (C=O) groups excluding carboxylic acids is 4. The van der Waals surface area contributed by atoms with Crippen LogP contribution >= 0.6 is 0 Å². The van der Waals surface area contributed by atoms with E-state index in [0.717, 1.165) is 5.56 Å². The van der Waals surface area contributed by atoms with E-state index in [-0.39, 0.29) is 24.8 Å². The minimum Gasteiger partial charge on any atom is -0.496 e. The summed E-state index contributed by atoms with van der Waals surface area (Å²) in [6.07, 6.45) is 3.38. The second-order valence-corrected chi connectivity index (χ2v) is 9.36. The lowest BCUT2D eigenvalue weighted by Gasteiger charge is -2.26. The molecule has 2 atom stereocenters. The molecule has 0 saturated carbocycles. The lowest BCUT2D eigenvalue weighted by Crippen LogP contribution is -2.57. The summed E-state index contributed by atoms with van der Waals surface area (Å²) in [6, 6.07) is 14.7. The number of anilines is 1. The zero-order valence-corrected chi connectivity index (χ0v) is 22.3. The van der Waals surface area contributed by atoms with Gasteiger partial charge >= 0.3 is 0 Å².